The fourth-order valence-corrected chi connectivity index (χ4v) is 3.06. The second-order valence-corrected chi connectivity index (χ2v) is 5.52. The van der Waals surface area contributed by atoms with Gasteiger partial charge in [0.15, 0.2) is 0 Å². The first-order chi connectivity index (χ1) is 9.63. The van der Waals surface area contributed by atoms with Gasteiger partial charge in [-0.2, -0.15) is 0 Å². The standard InChI is InChI=1S/C16H17NO3/c18-12-6-5-11-8-15(16(19)20)17-14(13(11)9-12)7-10-3-1-2-4-10/h5-6,8-10,18H,1-4,7H2,(H,19,20). The third-order valence-electron chi connectivity index (χ3n) is 4.07. The van der Waals surface area contributed by atoms with Crippen molar-refractivity contribution in [2.45, 2.75) is 32.1 Å². The van der Waals surface area contributed by atoms with E-state index in [1.807, 2.05) is 0 Å². The first-order valence-corrected chi connectivity index (χ1v) is 6.99. The van der Waals surface area contributed by atoms with Crippen molar-refractivity contribution in [2.24, 2.45) is 5.92 Å². The van der Waals surface area contributed by atoms with Crippen LogP contribution < -0.4 is 0 Å². The van der Waals surface area contributed by atoms with E-state index in [-0.39, 0.29) is 11.4 Å². The molecule has 1 heterocycles. The minimum absolute atomic E-state index is 0.0798. The van der Waals surface area contributed by atoms with E-state index in [0.29, 0.717) is 5.92 Å². The second kappa shape index (κ2) is 5.12. The van der Waals surface area contributed by atoms with Crippen LogP contribution in [-0.4, -0.2) is 21.2 Å². The van der Waals surface area contributed by atoms with Crippen LogP contribution in [0.3, 0.4) is 0 Å². The summed E-state index contributed by atoms with van der Waals surface area (Å²) in [6.07, 6.45) is 5.64. The summed E-state index contributed by atoms with van der Waals surface area (Å²) in [5.41, 5.74) is 0.874. The number of benzene rings is 1. The van der Waals surface area contributed by atoms with Crippen molar-refractivity contribution in [1.82, 2.24) is 4.98 Å². The monoisotopic (exact) mass is 271 g/mol. The molecular formula is C16H17NO3. The Morgan fingerprint density at radius 2 is 2.00 bits per heavy atom. The Morgan fingerprint density at radius 1 is 1.25 bits per heavy atom. The number of pyridine rings is 1. The number of aromatic carboxylic acids is 1. The molecule has 1 aliphatic carbocycles. The molecule has 1 fully saturated rings. The van der Waals surface area contributed by atoms with Crippen LogP contribution in [0.1, 0.15) is 41.9 Å². The SMILES string of the molecule is O=C(O)c1cc2ccc(O)cc2c(CC2CCCC2)n1. The van der Waals surface area contributed by atoms with Crippen LogP contribution in [0.4, 0.5) is 0 Å². The molecule has 0 bridgehead atoms. The summed E-state index contributed by atoms with van der Waals surface area (Å²) in [7, 11) is 0. The number of fused-ring (bicyclic) bond motifs is 1. The zero-order valence-electron chi connectivity index (χ0n) is 11.2. The third-order valence-corrected chi connectivity index (χ3v) is 4.07. The third kappa shape index (κ3) is 2.46. The van der Waals surface area contributed by atoms with Gasteiger partial charge in [-0.15, -0.1) is 0 Å². The van der Waals surface area contributed by atoms with Gasteiger partial charge in [0, 0.05) is 11.1 Å². The summed E-state index contributed by atoms with van der Waals surface area (Å²) in [5, 5.41) is 20.5. The number of carboxylic acids is 1. The zero-order chi connectivity index (χ0) is 14.1. The van der Waals surface area contributed by atoms with E-state index in [2.05, 4.69) is 4.98 Å². The van der Waals surface area contributed by atoms with E-state index in [1.165, 1.54) is 25.7 Å². The predicted molar refractivity (Wildman–Crippen MR) is 76.0 cm³/mol. The van der Waals surface area contributed by atoms with Crippen LogP contribution in [0.15, 0.2) is 24.3 Å². The largest absolute Gasteiger partial charge is 0.508 e. The molecule has 0 atom stereocenters. The van der Waals surface area contributed by atoms with E-state index >= 15 is 0 Å². The highest BCUT2D eigenvalue weighted by Gasteiger charge is 2.19. The van der Waals surface area contributed by atoms with Crippen molar-refractivity contribution in [3.8, 4) is 5.75 Å². The number of phenolic OH excluding ortho intramolecular Hbond substituents is 1. The van der Waals surface area contributed by atoms with Crippen LogP contribution in [0.25, 0.3) is 10.8 Å². The molecule has 0 amide bonds. The van der Waals surface area contributed by atoms with Gasteiger partial charge in [0.2, 0.25) is 0 Å². The van der Waals surface area contributed by atoms with Gasteiger partial charge in [-0.3, -0.25) is 0 Å². The molecule has 20 heavy (non-hydrogen) atoms. The lowest BCUT2D eigenvalue weighted by atomic mass is 9.97. The second-order valence-electron chi connectivity index (χ2n) is 5.52. The number of aromatic hydroxyl groups is 1. The highest BCUT2D eigenvalue weighted by Crippen LogP contribution is 2.31. The summed E-state index contributed by atoms with van der Waals surface area (Å²) in [5.74, 6) is -0.236. The molecule has 0 spiro atoms. The molecule has 4 heteroatoms. The Labute approximate surface area is 117 Å². The molecule has 0 aliphatic heterocycles. The van der Waals surface area contributed by atoms with Crippen LogP contribution in [-0.2, 0) is 6.42 Å². The number of aromatic nitrogens is 1. The number of hydrogen-bond acceptors (Lipinski definition) is 3. The summed E-state index contributed by atoms with van der Waals surface area (Å²) >= 11 is 0. The number of carboxylic acid groups (broad SMARTS) is 1. The molecule has 1 saturated carbocycles. The van der Waals surface area contributed by atoms with Crippen molar-refractivity contribution in [3.63, 3.8) is 0 Å². The molecule has 2 aromatic rings. The van der Waals surface area contributed by atoms with Crippen molar-refractivity contribution >= 4 is 16.7 Å². The number of rotatable bonds is 3. The quantitative estimate of drug-likeness (QED) is 0.897. The normalized spacial score (nSPS) is 15.8. The maximum atomic E-state index is 11.2. The minimum atomic E-state index is -1.01. The number of nitrogens with zero attached hydrogens (tertiary/aromatic N) is 1. The maximum Gasteiger partial charge on any atom is 0.354 e. The summed E-state index contributed by atoms with van der Waals surface area (Å²) in [4.78, 5) is 15.5. The van der Waals surface area contributed by atoms with Crippen LogP contribution in [0.2, 0.25) is 0 Å². The van der Waals surface area contributed by atoms with Gasteiger partial charge >= 0.3 is 5.97 Å². The maximum absolute atomic E-state index is 11.2. The topological polar surface area (TPSA) is 70.4 Å². The Hall–Kier alpha value is -2.10. The minimum Gasteiger partial charge on any atom is -0.508 e. The van der Waals surface area contributed by atoms with Gasteiger partial charge < -0.3 is 10.2 Å². The van der Waals surface area contributed by atoms with Crippen molar-refractivity contribution < 1.29 is 15.0 Å². The van der Waals surface area contributed by atoms with Crippen molar-refractivity contribution in [2.75, 3.05) is 0 Å². The van der Waals surface area contributed by atoms with E-state index in [9.17, 15) is 15.0 Å². The molecule has 2 N–H and O–H groups in total. The van der Waals surface area contributed by atoms with Crippen LogP contribution >= 0.6 is 0 Å². The highest BCUT2D eigenvalue weighted by molar-refractivity contribution is 5.93. The van der Waals surface area contributed by atoms with Gasteiger partial charge in [0.1, 0.15) is 11.4 Å². The lowest BCUT2D eigenvalue weighted by Crippen LogP contribution is -2.07. The predicted octanol–water partition coefficient (Wildman–Crippen LogP) is 3.37. The molecule has 0 unspecified atom stereocenters. The first kappa shape index (κ1) is 12.9. The molecule has 3 rings (SSSR count). The van der Waals surface area contributed by atoms with Gasteiger partial charge in [0.25, 0.3) is 0 Å². The summed E-state index contributed by atoms with van der Waals surface area (Å²) in [6.45, 7) is 0. The Balaban J connectivity index is 2.09. The summed E-state index contributed by atoms with van der Waals surface area (Å²) in [6, 6.07) is 6.57. The average molecular weight is 271 g/mol. The summed E-state index contributed by atoms with van der Waals surface area (Å²) < 4.78 is 0. The van der Waals surface area contributed by atoms with Crippen molar-refractivity contribution in [3.05, 3.63) is 35.7 Å². The van der Waals surface area contributed by atoms with Gasteiger partial charge in [0.05, 0.1) is 0 Å². The number of carbonyl (C=O) groups is 1. The van der Waals surface area contributed by atoms with Gasteiger partial charge in [-0.25, -0.2) is 9.78 Å². The van der Waals surface area contributed by atoms with Gasteiger partial charge in [-0.05, 0) is 35.9 Å². The molecule has 1 aromatic carbocycles. The van der Waals surface area contributed by atoms with Crippen molar-refractivity contribution in [1.29, 1.82) is 0 Å². The molecular weight excluding hydrogens is 254 g/mol. The first-order valence-electron chi connectivity index (χ1n) is 6.99. The highest BCUT2D eigenvalue weighted by atomic mass is 16.4. The Kier molecular flexibility index (Phi) is 3.30. The van der Waals surface area contributed by atoms with E-state index in [0.717, 1.165) is 22.9 Å². The van der Waals surface area contributed by atoms with Crippen LogP contribution in [0.5, 0.6) is 5.75 Å². The molecule has 0 saturated heterocycles. The van der Waals surface area contributed by atoms with E-state index < -0.39 is 5.97 Å². The zero-order valence-corrected chi connectivity index (χ0v) is 11.2. The molecule has 104 valence electrons. The lowest BCUT2D eigenvalue weighted by Gasteiger charge is -2.12. The number of phenols is 1. The van der Waals surface area contributed by atoms with E-state index in [1.54, 1.807) is 24.3 Å². The Bertz CT molecular complexity index is 660. The lowest BCUT2D eigenvalue weighted by molar-refractivity contribution is 0.0690. The number of hydrogen-bond donors (Lipinski definition) is 2. The smallest absolute Gasteiger partial charge is 0.354 e. The molecule has 1 aliphatic rings. The fraction of sp³-hybridized carbons (Fsp3) is 0.375. The average Bonchev–Trinajstić information content (AvgIpc) is 2.92. The van der Waals surface area contributed by atoms with E-state index in [4.69, 9.17) is 0 Å². The fourth-order valence-electron chi connectivity index (χ4n) is 3.06. The molecule has 4 nitrogen and oxygen atoms in total. The molecule has 0 radical (unpaired) electrons. The Morgan fingerprint density at radius 3 is 2.70 bits per heavy atom. The molecule has 1 aromatic heterocycles. The van der Waals surface area contributed by atoms with Crippen LogP contribution in [0, 0.1) is 5.92 Å². The van der Waals surface area contributed by atoms with Gasteiger partial charge in [-0.1, -0.05) is 31.7 Å².